The molecule has 0 amide bonds. The smallest absolute Gasteiger partial charge is 0.164 e. The van der Waals surface area contributed by atoms with E-state index in [9.17, 15) is 0 Å². The van der Waals surface area contributed by atoms with Crippen LogP contribution < -0.4 is 0 Å². The quantitative estimate of drug-likeness (QED) is 0.195. The van der Waals surface area contributed by atoms with E-state index in [1.165, 1.54) is 10.8 Å². The van der Waals surface area contributed by atoms with Crippen molar-refractivity contribution in [1.29, 1.82) is 0 Å². The van der Waals surface area contributed by atoms with Crippen molar-refractivity contribution < 1.29 is 4.42 Å². The first-order valence-corrected chi connectivity index (χ1v) is 16.4. The van der Waals surface area contributed by atoms with Gasteiger partial charge in [0, 0.05) is 32.8 Å². The van der Waals surface area contributed by atoms with E-state index < -0.39 is 0 Å². The molecule has 0 saturated heterocycles. The summed E-state index contributed by atoms with van der Waals surface area (Å²) < 4.78 is 6.67. The second-order valence-electron chi connectivity index (χ2n) is 12.4. The minimum Gasteiger partial charge on any atom is -0.455 e. The lowest BCUT2D eigenvalue weighted by Gasteiger charge is -2.11. The third-order valence-corrected chi connectivity index (χ3v) is 9.48. The summed E-state index contributed by atoms with van der Waals surface area (Å²) >= 11 is 0. The zero-order chi connectivity index (χ0) is 32.3. The molecule has 8 aromatic carbocycles. The lowest BCUT2D eigenvalue weighted by Crippen LogP contribution is -2.00. The molecule has 0 spiro atoms. The van der Waals surface area contributed by atoms with E-state index in [0.717, 1.165) is 71.3 Å². The molecular weight excluding hydrogens is 599 g/mol. The zero-order valence-corrected chi connectivity index (χ0v) is 26.3. The second kappa shape index (κ2) is 11.0. The molecule has 10 aromatic rings. The number of furan rings is 1. The van der Waals surface area contributed by atoms with Crippen molar-refractivity contribution >= 4 is 54.3 Å². The summed E-state index contributed by atoms with van der Waals surface area (Å²) in [6, 6.07) is 56.9. The van der Waals surface area contributed by atoms with Crippen molar-refractivity contribution in [2.75, 3.05) is 0 Å². The Morgan fingerprint density at radius 2 is 0.918 bits per heavy atom. The normalized spacial score (nSPS) is 11.7. The van der Waals surface area contributed by atoms with E-state index in [4.69, 9.17) is 19.4 Å². The van der Waals surface area contributed by atoms with Gasteiger partial charge in [0.1, 0.15) is 11.2 Å². The summed E-state index contributed by atoms with van der Waals surface area (Å²) in [5.41, 5.74) is 6.74. The van der Waals surface area contributed by atoms with Gasteiger partial charge in [-0.2, -0.15) is 0 Å². The molecule has 49 heavy (non-hydrogen) atoms. The van der Waals surface area contributed by atoms with Crippen molar-refractivity contribution in [2.45, 2.75) is 0 Å². The lowest BCUT2D eigenvalue weighted by molar-refractivity contribution is 0.673. The van der Waals surface area contributed by atoms with Crippen LogP contribution in [0.25, 0.3) is 99.5 Å². The number of hydrogen-bond donors (Lipinski definition) is 0. The van der Waals surface area contributed by atoms with Gasteiger partial charge in [0.2, 0.25) is 0 Å². The van der Waals surface area contributed by atoms with Crippen LogP contribution in [-0.2, 0) is 0 Å². The molecule has 0 atom stereocenters. The summed E-state index contributed by atoms with van der Waals surface area (Å²) in [6.07, 6.45) is 0. The molecule has 0 aliphatic carbocycles. The van der Waals surface area contributed by atoms with E-state index in [1.54, 1.807) is 0 Å². The Kier molecular flexibility index (Phi) is 6.15. The van der Waals surface area contributed by atoms with Crippen LogP contribution in [0.15, 0.2) is 168 Å². The SMILES string of the molecule is c1ccc(-c2cc3c(oc4cccc(-c5nc(-c6ccc7ccccc7c6)nc(-c6ccc7ccccc7c6)n5)c43)c3ccccc23)cc1. The second-order valence-corrected chi connectivity index (χ2v) is 12.4. The Hall–Kier alpha value is -6.65. The largest absolute Gasteiger partial charge is 0.455 e. The Morgan fingerprint density at radius 3 is 1.59 bits per heavy atom. The van der Waals surface area contributed by atoms with Gasteiger partial charge in [0.25, 0.3) is 0 Å². The summed E-state index contributed by atoms with van der Waals surface area (Å²) in [6.45, 7) is 0. The maximum absolute atomic E-state index is 6.67. The monoisotopic (exact) mass is 625 g/mol. The van der Waals surface area contributed by atoms with Gasteiger partial charge in [-0.15, -0.1) is 0 Å². The first kappa shape index (κ1) is 27.5. The highest BCUT2D eigenvalue weighted by Crippen LogP contribution is 2.43. The maximum Gasteiger partial charge on any atom is 0.164 e. The molecule has 0 aliphatic heterocycles. The average Bonchev–Trinajstić information content (AvgIpc) is 3.56. The molecule has 0 saturated carbocycles. The molecule has 0 unspecified atom stereocenters. The Labute approximate surface area is 282 Å². The highest BCUT2D eigenvalue weighted by Gasteiger charge is 2.20. The first-order valence-electron chi connectivity index (χ1n) is 16.4. The van der Waals surface area contributed by atoms with Crippen LogP contribution in [0.2, 0.25) is 0 Å². The van der Waals surface area contributed by atoms with Crippen LogP contribution in [0.5, 0.6) is 0 Å². The van der Waals surface area contributed by atoms with Crippen molar-refractivity contribution in [3.8, 4) is 45.3 Å². The molecule has 0 bridgehead atoms. The highest BCUT2D eigenvalue weighted by atomic mass is 16.3. The van der Waals surface area contributed by atoms with Crippen LogP contribution in [-0.4, -0.2) is 15.0 Å². The highest BCUT2D eigenvalue weighted by molar-refractivity contribution is 6.22. The average molecular weight is 626 g/mol. The number of rotatable bonds is 4. The topological polar surface area (TPSA) is 51.8 Å². The predicted octanol–water partition coefficient (Wildman–Crippen LogP) is 11.9. The van der Waals surface area contributed by atoms with Crippen LogP contribution in [0.4, 0.5) is 0 Å². The van der Waals surface area contributed by atoms with Crippen molar-refractivity contribution in [3.63, 3.8) is 0 Å². The lowest BCUT2D eigenvalue weighted by atomic mass is 9.94. The van der Waals surface area contributed by atoms with E-state index in [1.807, 2.05) is 12.1 Å². The van der Waals surface area contributed by atoms with E-state index in [2.05, 4.69) is 152 Å². The van der Waals surface area contributed by atoms with E-state index in [0.29, 0.717) is 17.5 Å². The van der Waals surface area contributed by atoms with Gasteiger partial charge in [-0.1, -0.05) is 140 Å². The zero-order valence-electron chi connectivity index (χ0n) is 26.3. The number of nitrogens with zero attached hydrogens (tertiary/aromatic N) is 3. The minimum absolute atomic E-state index is 0.601. The molecule has 0 aliphatic rings. The van der Waals surface area contributed by atoms with Crippen molar-refractivity contribution in [3.05, 3.63) is 164 Å². The minimum atomic E-state index is 0.601. The fourth-order valence-corrected chi connectivity index (χ4v) is 7.10. The molecule has 4 nitrogen and oxygen atoms in total. The van der Waals surface area contributed by atoms with Gasteiger partial charge < -0.3 is 4.42 Å². The van der Waals surface area contributed by atoms with Crippen LogP contribution in [0.1, 0.15) is 0 Å². The molecule has 4 heteroatoms. The number of hydrogen-bond acceptors (Lipinski definition) is 4. The van der Waals surface area contributed by atoms with E-state index >= 15 is 0 Å². The fourth-order valence-electron chi connectivity index (χ4n) is 7.10. The van der Waals surface area contributed by atoms with Crippen LogP contribution in [0.3, 0.4) is 0 Å². The summed E-state index contributed by atoms with van der Waals surface area (Å²) in [7, 11) is 0. The van der Waals surface area contributed by atoms with Gasteiger partial charge in [0.05, 0.1) is 0 Å². The molecule has 0 N–H and O–H groups in total. The first-order chi connectivity index (χ1) is 24.3. The molecule has 0 radical (unpaired) electrons. The maximum atomic E-state index is 6.67. The molecule has 2 heterocycles. The van der Waals surface area contributed by atoms with Crippen LogP contribution in [0, 0.1) is 0 Å². The predicted molar refractivity (Wildman–Crippen MR) is 201 cm³/mol. The molecular formula is C45H27N3O. The molecule has 2 aromatic heterocycles. The van der Waals surface area contributed by atoms with Gasteiger partial charge in [-0.05, 0) is 62.3 Å². The Bertz CT molecular complexity index is 2790. The van der Waals surface area contributed by atoms with Crippen LogP contribution >= 0.6 is 0 Å². The number of benzene rings is 8. The van der Waals surface area contributed by atoms with Crippen molar-refractivity contribution in [2.24, 2.45) is 0 Å². The van der Waals surface area contributed by atoms with Crippen molar-refractivity contribution in [1.82, 2.24) is 15.0 Å². The van der Waals surface area contributed by atoms with Gasteiger partial charge in [-0.25, -0.2) is 15.0 Å². The Balaban J connectivity index is 1.26. The number of fused-ring (bicyclic) bond motifs is 7. The van der Waals surface area contributed by atoms with Gasteiger partial charge in [0.15, 0.2) is 17.5 Å². The Morgan fingerprint density at radius 1 is 0.347 bits per heavy atom. The van der Waals surface area contributed by atoms with Gasteiger partial charge in [-0.3, -0.25) is 0 Å². The fraction of sp³-hybridized carbons (Fsp3) is 0. The van der Waals surface area contributed by atoms with Gasteiger partial charge >= 0.3 is 0 Å². The molecule has 10 rings (SSSR count). The van der Waals surface area contributed by atoms with E-state index in [-0.39, 0.29) is 0 Å². The molecule has 228 valence electrons. The standard InChI is InChI=1S/C45H27N3O/c1-2-13-30(14-3-1)38-27-39-41-37(19-10-20-40(41)49-42(39)36-18-9-8-17-35(36)38)45-47-43(33-23-21-28-11-4-6-15-31(28)25-33)46-44(48-45)34-24-22-29-12-5-7-16-32(29)26-34/h1-27H. The number of aromatic nitrogens is 3. The summed E-state index contributed by atoms with van der Waals surface area (Å²) in [5, 5.41) is 8.86. The third-order valence-electron chi connectivity index (χ3n) is 9.48. The third kappa shape index (κ3) is 4.57. The summed E-state index contributed by atoms with van der Waals surface area (Å²) in [4.78, 5) is 15.5. The summed E-state index contributed by atoms with van der Waals surface area (Å²) in [5.74, 6) is 1.85. The molecule has 0 fully saturated rings.